The molecule has 0 saturated heterocycles. The molecule has 0 heterocycles. The van der Waals surface area contributed by atoms with Gasteiger partial charge in [0, 0.05) is 12.5 Å². The molecule has 0 unspecified atom stereocenters. The van der Waals surface area contributed by atoms with Gasteiger partial charge in [0.25, 0.3) is 0 Å². The first-order valence-corrected chi connectivity index (χ1v) is 9.81. The molecule has 6 heteroatoms. The SMILES string of the molecule is CC(C)Oc1ccc(S(=O)(=O)CCC(=O)NC2CCCC2)cc1. The second kappa shape index (κ2) is 7.81. The van der Waals surface area contributed by atoms with E-state index >= 15 is 0 Å². The zero-order chi connectivity index (χ0) is 16.9. The van der Waals surface area contributed by atoms with Crippen LogP contribution in [0.5, 0.6) is 5.75 Å². The maximum absolute atomic E-state index is 12.3. The van der Waals surface area contributed by atoms with Crippen LogP contribution in [0.25, 0.3) is 0 Å². The third kappa shape index (κ3) is 5.53. The molecule has 128 valence electrons. The number of hydrogen-bond acceptors (Lipinski definition) is 4. The second-order valence-corrected chi connectivity index (χ2v) is 8.36. The molecule has 1 fully saturated rings. The van der Waals surface area contributed by atoms with Crippen LogP contribution in [0.3, 0.4) is 0 Å². The van der Waals surface area contributed by atoms with Crippen LogP contribution in [-0.2, 0) is 14.6 Å². The summed E-state index contributed by atoms with van der Waals surface area (Å²) in [5.41, 5.74) is 0. The normalized spacial score (nSPS) is 15.8. The first kappa shape index (κ1) is 17.8. The van der Waals surface area contributed by atoms with Crippen LogP contribution in [0.15, 0.2) is 29.2 Å². The highest BCUT2D eigenvalue weighted by Crippen LogP contribution is 2.20. The molecular formula is C17H25NO4S. The van der Waals surface area contributed by atoms with E-state index in [0.29, 0.717) is 5.75 Å². The van der Waals surface area contributed by atoms with Crippen molar-refractivity contribution in [1.82, 2.24) is 5.32 Å². The van der Waals surface area contributed by atoms with E-state index in [0.717, 1.165) is 25.7 Å². The summed E-state index contributed by atoms with van der Waals surface area (Å²) in [7, 11) is -3.45. The molecule has 1 aliphatic carbocycles. The largest absolute Gasteiger partial charge is 0.491 e. The third-order valence-electron chi connectivity index (χ3n) is 3.87. The van der Waals surface area contributed by atoms with Crippen LogP contribution in [0.2, 0.25) is 0 Å². The van der Waals surface area contributed by atoms with Gasteiger partial charge in [0.15, 0.2) is 9.84 Å². The molecule has 0 aliphatic heterocycles. The topological polar surface area (TPSA) is 72.5 Å². The monoisotopic (exact) mass is 339 g/mol. The molecule has 1 aliphatic rings. The predicted molar refractivity (Wildman–Crippen MR) is 89.3 cm³/mol. The lowest BCUT2D eigenvalue weighted by molar-refractivity contribution is -0.121. The first-order valence-electron chi connectivity index (χ1n) is 8.15. The number of carbonyl (C=O) groups is 1. The van der Waals surface area contributed by atoms with Crippen LogP contribution < -0.4 is 10.1 Å². The number of benzene rings is 1. The van der Waals surface area contributed by atoms with Gasteiger partial charge in [-0.25, -0.2) is 8.42 Å². The zero-order valence-corrected chi connectivity index (χ0v) is 14.6. The van der Waals surface area contributed by atoms with E-state index in [2.05, 4.69) is 5.32 Å². The summed E-state index contributed by atoms with van der Waals surface area (Å²) in [5.74, 6) is 0.286. The van der Waals surface area contributed by atoms with Crippen molar-refractivity contribution in [2.45, 2.75) is 63.0 Å². The van der Waals surface area contributed by atoms with Crippen LogP contribution in [0, 0.1) is 0 Å². The first-order chi connectivity index (χ1) is 10.9. The number of carbonyl (C=O) groups excluding carboxylic acids is 1. The van der Waals surface area contributed by atoms with Crippen molar-refractivity contribution in [3.8, 4) is 5.75 Å². The number of amides is 1. The quantitative estimate of drug-likeness (QED) is 0.829. The van der Waals surface area contributed by atoms with E-state index in [1.807, 2.05) is 13.8 Å². The minimum Gasteiger partial charge on any atom is -0.491 e. The Morgan fingerprint density at radius 3 is 2.39 bits per heavy atom. The summed E-state index contributed by atoms with van der Waals surface area (Å²) in [6.07, 6.45) is 4.30. The Morgan fingerprint density at radius 1 is 1.22 bits per heavy atom. The summed E-state index contributed by atoms with van der Waals surface area (Å²) in [4.78, 5) is 12.1. The van der Waals surface area contributed by atoms with Crippen LogP contribution in [0.1, 0.15) is 46.0 Å². The van der Waals surface area contributed by atoms with Crippen molar-refractivity contribution in [3.63, 3.8) is 0 Å². The smallest absolute Gasteiger partial charge is 0.221 e. The molecule has 5 nitrogen and oxygen atoms in total. The molecule has 0 radical (unpaired) electrons. The second-order valence-electron chi connectivity index (χ2n) is 6.26. The van der Waals surface area contributed by atoms with Gasteiger partial charge in [-0.3, -0.25) is 4.79 Å². The van der Waals surface area contributed by atoms with Crippen LogP contribution in [-0.4, -0.2) is 32.2 Å². The average Bonchev–Trinajstić information content (AvgIpc) is 2.98. The van der Waals surface area contributed by atoms with Crippen molar-refractivity contribution in [2.24, 2.45) is 0 Å². The van der Waals surface area contributed by atoms with Gasteiger partial charge < -0.3 is 10.1 Å². The van der Waals surface area contributed by atoms with Gasteiger partial charge in [-0.2, -0.15) is 0 Å². The molecule has 1 N–H and O–H groups in total. The molecule has 1 aromatic carbocycles. The van der Waals surface area contributed by atoms with Crippen molar-refractivity contribution < 1.29 is 17.9 Å². The van der Waals surface area contributed by atoms with E-state index < -0.39 is 9.84 Å². The number of rotatable bonds is 7. The van der Waals surface area contributed by atoms with Crippen molar-refractivity contribution in [2.75, 3.05) is 5.75 Å². The molecule has 2 rings (SSSR count). The standard InChI is InChI=1S/C17H25NO4S/c1-13(2)22-15-7-9-16(10-8-15)23(20,21)12-11-17(19)18-14-5-3-4-6-14/h7-10,13-14H,3-6,11-12H2,1-2H3,(H,18,19). The summed E-state index contributed by atoms with van der Waals surface area (Å²) < 4.78 is 30.1. The molecule has 0 atom stereocenters. The fraction of sp³-hybridized carbons (Fsp3) is 0.588. The molecule has 23 heavy (non-hydrogen) atoms. The fourth-order valence-corrected chi connectivity index (χ4v) is 3.95. The Morgan fingerprint density at radius 2 is 1.83 bits per heavy atom. The molecule has 1 amide bonds. The third-order valence-corrected chi connectivity index (χ3v) is 5.60. The Bertz CT molecular complexity index is 616. The van der Waals surface area contributed by atoms with Gasteiger partial charge >= 0.3 is 0 Å². The van der Waals surface area contributed by atoms with E-state index in [1.165, 1.54) is 12.1 Å². The summed E-state index contributed by atoms with van der Waals surface area (Å²) in [6, 6.07) is 6.57. The average molecular weight is 339 g/mol. The molecular weight excluding hydrogens is 314 g/mol. The maximum atomic E-state index is 12.3. The predicted octanol–water partition coefficient (Wildman–Crippen LogP) is 2.70. The Balaban J connectivity index is 1.89. The van der Waals surface area contributed by atoms with E-state index in [9.17, 15) is 13.2 Å². The van der Waals surface area contributed by atoms with Gasteiger partial charge in [0.05, 0.1) is 16.8 Å². The van der Waals surface area contributed by atoms with Gasteiger partial charge in [0.2, 0.25) is 5.91 Å². The minimum atomic E-state index is -3.45. The molecule has 0 aromatic heterocycles. The van der Waals surface area contributed by atoms with E-state index in [1.54, 1.807) is 12.1 Å². The molecule has 1 aromatic rings. The number of sulfone groups is 1. The summed E-state index contributed by atoms with van der Waals surface area (Å²) in [6.45, 7) is 3.82. The van der Waals surface area contributed by atoms with Gasteiger partial charge in [-0.05, 0) is 51.0 Å². The molecule has 0 bridgehead atoms. The Kier molecular flexibility index (Phi) is 6.04. The maximum Gasteiger partial charge on any atom is 0.221 e. The lowest BCUT2D eigenvalue weighted by atomic mass is 10.2. The minimum absolute atomic E-state index is 0.00305. The van der Waals surface area contributed by atoms with Crippen LogP contribution in [0.4, 0.5) is 0 Å². The number of ether oxygens (including phenoxy) is 1. The Labute approximate surface area is 138 Å². The van der Waals surface area contributed by atoms with Crippen LogP contribution >= 0.6 is 0 Å². The van der Waals surface area contributed by atoms with Crippen molar-refractivity contribution >= 4 is 15.7 Å². The van der Waals surface area contributed by atoms with Crippen molar-refractivity contribution in [3.05, 3.63) is 24.3 Å². The molecule has 0 spiro atoms. The Hall–Kier alpha value is -1.56. The van der Waals surface area contributed by atoms with Gasteiger partial charge in [-0.15, -0.1) is 0 Å². The van der Waals surface area contributed by atoms with Gasteiger partial charge in [-0.1, -0.05) is 12.8 Å². The molecule has 1 saturated carbocycles. The lowest BCUT2D eigenvalue weighted by Gasteiger charge is -2.12. The van der Waals surface area contributed by atoms with Gasteiger partial charge in [0.1, 0.15) is 5.75 Å². The highest BCUT2D eigenvalue weighted by Gasteiger charge is 2.20. The zero-order valence-electron chi connectivity index (χ0n) is 13.7. The highest BCUT2D eigenvalue weighted by atomic mass is 32.2. The van der Waals surface area contributed by atoms with Crippen molar-refractivity contribution in [1.29, 1.82) is 0 Å². The summed E-state index contributed by atoms with van der Waals surface area (Å²) >= 11 is 0. The summed E-state index contributed by atoms with van der Waals surface area (Å²) in [5, 5.41) is 2.91. The number of nitrogens with one attached hydrogen (secondary N) is 1. The van der Waals surface area contributed by atoms with E-state index in [-0.39, 0.29) is 35.1 Å². The highest BCUT2D eigenvalue weighted by molar-refractivity contribution is 7.91. The fourth-order valence-electron chi connectivity index (χ4n) is 2.71. The number of hydrogen-bond donors (Lipinski definition) is 1. The lowest BCUT2D eigenvalue weighted by Crippen LogP contribution is -2.33. The van der Waals surface area contributed by atoms with E-state index in [4.69, 9.17) is 4.74 Å².